The molecule has 0 bridgehead atoms. The van der Waals surface area contributed by atoms with Crippen LogP contribution in [0.4, 0.5) is 17.5 Å². The van der Waals surface area contributed by atoms with E-state index in [2.05, 4.69) is 21.4 Å². The van der Waals surface area contributed by atoms with E-state index in [1.54, 1.807) is 30.5 Å². The molecule has 2 rings (SSSR count). The molecule has 16 heavy (non-hydrogen) atoms. The van der Waals surface area contributed by atoms with Crippen molar-refractivity contribution in [1.82, 2.24) is 9.97 Å². The Morgan fingerprint density at radius 2 is 2.06 bits per heavy atom. The highest BCUT2D eigenvalue weighted by atomic mass is 15.1. The molecule has 0 radical (unpaired) electrons. The van der Waals surface area contributed by atoms with Crippen LogP contribution in [0.25, 0.3) is 0 Å². The van der Waals surface area contributed by atoms with E-state index in [-0.39, 0.29) is 0 Å². The Kier molecular flexibility index (Phi) is 2.65. The molecule has 5 nitrogen and oxygen atoms in total. The lowest BCUT2D eigenvalue weighted by atomic mass is 10.2. The van der Waals surface area contributed by atoms with Gasteiger partial charge >= 0.3 is 0 Å². The van der Waals surface area contributed by atoms with Gasteiger partial charge in [0.1, 0.15) is 11.9 Å². The molecule has 0 spiro atoms. The second-order valence-corrected chi connectivity index (χ2v) is 3.09. The normalized spacial score (nSPS) is 9.44. The van der Waals surface area contributed by atoms with E-state index in [1.165, 1.54) is 0 Å². The summed E-state index contributed by atoms with van der Waals surface area (Å²) >= 11 is 0. The van der Waals surface area contributed by atoms with Crippen LogP contribution in [0.2, 0.25) is 0 Å². The Balaban J connectivity index is 2.31. The zero-order chi connectivity index (χ0) is 11.4. The first-order chi connectivity index (χ1) is 7.79. The molecule has 0 aliphatic carbocycles. The van der Waals surface area contributed by atoms with Crippen LogP contribution in [-0.2, 0) is 0 Å². The molecule has 0 unspecified atom stereocenters. The fourth-order valence-electron chi connectivity index (χ4n) is 1.24. The minimum atomic E-state index is 0.378. The van der Waals surface area contributed by atoms with Crippen molar-refractivity contribution in [2.75, 3.05) is 11.1 Å². The Labute approximate surface area is 92.6 Å². The molecular formula is C11H9N5. The second-order valence-electron chi connectivity index (χ2n) is 3.09. The topological polar surface area (TPSA) is 87.6 Å². The molecule has 0 fully saturated rings. The van der Waals surface area contributed by atoms with Crippen molar-refractivity contribution in [1.29, 1.82) is 5.26 Å². The molecule has 0 saturated carbocycles. The maximum atomic E-state index is 8.90. The third kappa shape index (κ3) is 2.07. The second kappa shape index (κ2) is 4.28. The first-order valence-electron chi connectivity index (χ1n) is 4.64. The Morgan fingerprint density at radius 3 is 2.81 bits per heavy atom. The summed E-state index contributed by atoms with van der Waals surface area (Å²) in [6, 6.07) is 10.8. The average molecular weight is 211 g/mol. The van der Waals surface area contributed by atoms with Crippen molar-refractivity contribution in [3.63, 3.8) is 0 Å². The summed E-state index contributed by atoms with van der Waals surface area (Å²) in [5.74, 6) is 0.759. The van der Waals surface area contributed by atoms with Gasteiger partial charge in [-0.3, -0.25) is 0 Å². The molecule has 1 aromatic heterocycles. The van der Waals surface area contributed by atoms with Gasteiger partial charge in [-0.15, -0.1) is 0 Å². The number of nitriles is 1. The lowest BCUT2D eigenvalue weighted by Crippen LogP contribution is -2.00. The molecule has 1 heterocycles. The number of nitrogens with zero attached hydrogens (tertiary/aromatic N) is 3. The minimum absolute atomic E-state index is 0.378. The van der Waals surface area contributed by atoms with E-state index < -0.39 is 0 Å². The molecule has 1 aromatic carbocycles. The third-order valence-corrected chi connectivity index (χ3v) is 1.97. The van der Waals surface area contributed by atoms with Gasteiger partial charge in [0, 0.05) is 6.20 Å². The number of para-hydroxylation sites is 1. The van der Waals surface area contributed by atoms with Gasteiger partial charge in [0.25, 0.3) is 0 Å². The number of nitrogen functional groups attached to an aromatic ring is 1. The van der Waals surface area contributed by atoms with Crippen molar-refractivity contribution < 1.29 is 0 Å². The molecule has 0 aliphatic heterocycles. The quantitative estimate of drug-likeness (QED) is 0.788. The molecule has 5 heteroatoms. The highest BCUT2D eigenvalue weighted by Gasteiger charge is 2.02. The van der Waals surface area contributed by atoms with Gasteiger partial charge in [-0.1, -0.05) is 12.1 Å². The van der Waals surface area contributed by atoms with Crippen LogP contribution < -0.4 is 11.1 Å². The summed E-state index contributed by atoms with van der Waals surface area (Å²) in [6.07, 6.45) is 1.56. The van der Waals surface area contributed by atoms with Gasteiger partial charge in [-0.05, 0) is 18.2 Å². The number of nitrogens with two attached hydrogens (primary N) is 1. The summed E-state index contributed by atoms with van der Waals surface area (Å²) in [4.78, 5) is 7.99. The van der Waals surface area contributed by atoms with E-state index in [9.17, 15) is 0 Å². The van der Waals surface area contributed by atoms with Crippen molar-refractivity contribution in [3.8, 4) is 6.07 Å². The molecule has 0 amide bonds. The number of anilines is 3. The van der Waals surface area contributed by atoms with Gasteiger partial charge in [0.2, 0.25) is 5.95 Å². The zero-order valence-corrected chi connectivity index (χ0v) is 8.38. The monoisotopic (exact) mass is 211 g/mol. The maximum Gasteiger partial charge on any atom is 0.229 e. The van der Waals surface area contributed by atoms with Gasteiger partial charge in [0.15, 0.2) is 0 Å². The third-order valence-electron chi connectivity index (χ3n) is 1.97. The van der Waals surface area contributed by atoms with Gasteiger partial charge in [0.05, 0.1) is 11.3 Å². The highest BCUT2D eigenvalue weighted by Crippen LogP contribution is 2.17. The molecule has 78 valence electrons. The van der Waals surface area contributed by atoms with Gasteiger partial charge < -0.3 is 11.1 Å². The Morgan fingerprint density at radius 1 is 1.25 bits per heavy atom. The van der Waals surface area contributed by atoms with Crippen LogP contribution in [-0.4, -0.2) is 9.97 Å². The average Bonchev–Trinajstić information content (AvgIpc) is 2.30. The summed E-state index contributed by atoms with van der Waals surface area (Å²) in [7, 11) is 0. The smallest absolute Gasteiger partial charge is 0.229 e. The van der Waals surface area contributed by atoms with Crippen molar-refractivity contribution in [2.45, 2.75) is 0 Å². The van der Waals surface area contributed by atoms with Crippen LogP contribution in [0.15, 0.2) is 36.5 Å². The van der Waals surface area contributed by atoms with E-state index in [1.807, 2.05) is 6.07 Å². The molecule has 0 saturated heterocycles. The standard InChI is InChI=1S/C11H9N5/c12-7-8-3-1-2-4-9(8)15-11-14-6-5-10(13)16-11/h1-6H,(H3,13,14,15,16). The van der Waals surface area contributed by atoms with E-state index in [4.69, 9.17) is 11.0 Å². The zero-order valence-electron chi connectivity index (χ0n) is 8.38. The molecular weight excluding hydrogens is 202 g/mol. The van der Waals surface area contributed by atoms with Crippen LogP contribution in [0.5, 0.6) is 0 Å². The first-order valence-corrected chi connectivity index (χ1v) is 4.64. The lowest BCUT2D eigenvalue weighted by Gasteiger charge is -2.05. The number of benzene rings is 1. The van der Waals surface area contributed by atoms with Crippen molar-refractivity contribution >= 4 is 17.5 Å². The SMILES string of the molecule is N#Cc1ccccc1Nc1nccc(N)n1. The summed E-state index contributed by atoms with van der Waals surface area (Å²) < 4.78 is 0. The number of rotatable bonds is 2. The lowest BCUT2D eigenvalue weighted by molar-refractivity contribution is 1.17. The van der Waals surface area contributed by atoms with Crippen LogP contribution in [0, 0.1) is 11.3 Å². The van der Waals surface area contributed by atoms with Gasteiger partial charge in [-0.2, -0.15) is 10.2 Å². The minimum Gasteiger partial charge on any atom is -0.384 e. The van der Waals surface area contributed by atoms with Crippen LogP contribution in [0.1, 0.15) is 5.56 Å². The maximum absolute atomic E-state index is 8.90. The number of aromatic nitrogens is 2. The van der Waals surface area contributed by atoms with E-state index in [0.29, 0.717) is 23.0 Å². The van der Waals surface area contributed by atoms with E-state index >= 15 is 0 Å². The number of nitrogens with one attached hydrogen (secondary N) is 1. The largest absolute Gasteiger partial charge is 0.384 e. The highest BCUT2D eigenvalue weighted by molar-refractivity contribution is 5.63. The summed E-state index contributed by atoms with van der Waals surface area (Å²) in [6.45, 7) is 0. The van der Waals surface area contributed by atoms with Crippen LogP contribution >= 0.6 is 0 Å². The first kappa shape index (κ1) is 9.93. The van der Waals surface area contributed by atoms with Crippen molar-refractivity contribution in [2.24, 2.45) is 0 Å². The Hall–Kier alpha value is -2.61. The van der Waals surface area contributed by atoms with E-state index in [0.717, 1.165) is 0 Å². The van der Waals surface area contributed by atoms with Crippen molar-refractivity contribution in [3.05, 3.63) is 42.1 Å². The van der Waals surface area contributed by atoms with Crippen LogP contribution in [0.3, 0.4) is 0 Å². The summed E-state index contributed by atoms with van der Waals surface area (Å²) in [5.41, 5.74) is 6.72. The molecule has 0 aliphatic rings. The predicted molar refractivity (Wildman–Crippen MR) is 60.9 cm³/mol. The molecule has 3 N–H and O–H groups in total. The molecule has 0 atom stereocenters. The molecule has 2 aromatic rings. The number of hydrogen-bond donors (Lipinski definition) is 2. The fraction of sp³-hybridized carbons (Fsp3) is 0. The predicted octanol–water partition coefficient (Wildman–Crippen LogP) is 1.67. The fourth-order valence-corrected chi connectivity index (χ4v) is 1.24. The Bertz CT molecular complexity index is 544. The van der Waals surface area contributed by atoms with Gasteiger partial charge in [-0.25, -0.2) is 4.98 Å². The number of hydrogen-bond acceptors (Lipinski definition) is 5. The summed E-state index contributed by atoms with van der Waals surface area (Å²) in [5, 5.41) is 11.8.